The van der Waals surface area contributed by atoms with Crippen molar-refractivity contribution < 1.29 is 18.7 Å². The number of amides is 1. The van der Waals surface area contributed by atoms with Crippen LogP contribution in [0.2, 0.25) is 0 Å². The lowest BCUT2D eigenvalue weighted by Gasteiger charge is -2.54. The lowest BCUT2D eigenvalue weighted by atomic mass is 9.51. The van der Waals surface area contributed by atoms with Crippen molar-refractivity contribution in [2.24, 2.45) is 11.1 Å². The van der Waals surface area contributed by atoms with E-state index in [-0.39, 0.29) is 36.2 Å². The second-order valence-corrected chi connectivity index (χ2v) is 10.0. The highest BCUT2D eigenvalue weighted by atomic mass is 19.1. The minimum atomic E-state index is -0.154. The topological polar surface area (TPSA) is 64.8 Å². The molecule has 3 saturated carbocycles. The number of benzene rings is 1. The SMILES string of the molecule is NC/C(=C\F)COc1ccc(C23CCC(C(=O)N4CC5CCC(C4)O5)(CC2)CC3)cc1. The summed E-state index contributed by atoms with van der Waals surface area (Å²) < 4.78 is 24.3. The quantitative estimate of drug-likeness (QED) is 0.747. The van der Waals surface area contributed by atoms with Gasteiger partial charge in [-0.25, -0.2) is 4.39 Å². The summed E-state index contributed by atoms with van der Waals surface area (Å²) in [6.07, 6.45) is 9.39. The summed E-state index contributed by atoms with van der Waals surface area (Å²) in [5, 5.41) is 0. The average molecular weight is 429 g/mol. The third-order valence-electron chi connectivity index (χ3n) is 8.34. The Morgan fingerprint density at radius 3 is 2.26 bits per heavy atom. The maximum Gasteiger partial charge on any atom is 0.228 e. The number of ether oxygens (including phenoxy) is 2. The van der Waals surface area contributed by atoms with E-state index in [0.29, 0.717) is 17.8 Å². The van der Waals surface area contributed by atoms with E-state index in [4.69, 9.17) is 15.2 Å². The number of carbonyl (C=O) groups excluding carboxylic acids is 1. The highest BCUT2D eigenvalue weighted by Gasteiger charge is 2.54. The van der Waals surface area contributed by atoms with Gasteiger partial charge in [0.2, 0.25) is 5.91 Å². The molecule has 31 heavy (non-hydrogen) atoms. The molecule has 2 unspecified atom stereocenters. The van der Waals surface area contributed by atoms with Crippen molar-refractivity contribution in [2.45, 2.75) is 69.0 Å². The van der Waals surface area contributed by atoms with Crippen LogP contribution in [0.15, 0.2) is 36.2 Å². The molecule has 1 aromatic carbocycles. The van der Waals surface area contributed by atoms with Gasteiger partial charge in [-0.15, -0.1) is 0 Å². The van der Waals surface area contributed by atoms with Crippen LogP contribution in [0.1, 0.15) is 56.9 Å². The molecule has 2 aliphatic heterocycles. The Hall–Kier alpha value is -1.92. The first-order valence-corrected chi connectivity index (χ1v) is 11.7. The molecule has 5 fully saturated rings. The zero-order chi connectivity index (χ0) is 21.5. The van der Waals surface area contributed by atoms with Crippen molar-refractivity contribution in [1.29, 1.82) is 0 Å². The van der Waals surface area contributed by atoms with Gasteiger partial charge in [0.25, 0.3) is 0 Å². The average Bonchev–Trinajstić information content (AvgIpc) is 3.18. The number of rotatable bonds is 6. The second kappa shape index (κ2) is 8.21. The number of likely N-dealkylation sites (tertiary alicyclic amines) is 1. The van der Waals surface area contributed by atoms with Gasteiger partial charge in [0, 0.05) is 30.6 Å². The summed E-state index contributed by atoms with van der Waals surface area (Å²) >= 11 is 0. The van der Waals surface area contributed by atoms with Crippen LogP contribution in [0.3, 0.4) is 0 Å². The second-order valence-electron chi connectivity index (χ2n) is 10.0. The molecule has 0 spiro atoms. The van der Waals surface area contributed by atoms with Crippen LogP contribution in [-0.2, 0) is 14.9 Å². The predicted octanol–water partition coefficient (Wildman–Crippen LogP) is 3.86. The van der Waals surface area contributed by atoms with E-state index in [0.717, 1.165) is 70.2 Å². The van der Waals surface area contributed by atoms with E-state index in [1.807, 2.05) is 12.1 Å². The standard InChI is InChI=1S/C25H33FN2O3/c26-13-18(14-27)17-30-20-3-1-19(2-4-20)24-7-10-25(11-8-24,12-9-24)23(29)28-15-21-5-6-22(16-28)31-21/h1-4,13,21-22H,5-12,14-17,27H2/b18-13+. The van der Waals surface area contributed by atoms with Crippen molar-refractivity contribution >= 4 is 5.91 Å². The lowest BCUT2D eigenvalue weighted by Crippen LogP contribution is -2.56. The molecule has 168 valence electrons. The monoisotopic (exact) mass is 428 g/mol. The lowest BCUT2D eigenvalue weighted by molar-refractivity contribution is -0.157. The van der Waals surface area contributed by atoms with Gasteiger partial charge in [-0.1, -0.05) is 12.1 Å². The zero-order valence-corrected chi connectivity index (χ0v) is 18.2. The van der Waals surface area contributed by atoms with E-state index >= 15 is 0 Å². The molecule has 6 rings (SSSR count). The maximum atomic E-state index is 13.5. The number of hydrogen-bond donors (Lipinski definition) is 1. The van der Waals surface area contributed by atoms with E-state index in [1.165, 1.54) is 5.56 Å². The van der Waals surface area contributed by atoms with Crippen LogP contribution in [0.4, 0.5) is 4.39 Å². The van der Waals surface area contributed by atoms with Gasteiger partial charge in [-0.3, -0.25) is 4.79 Å². The molecule has 1 amide bonds. The number of morpholine rings is 1. The van der Waals surface area contributed by atoms with Crippen LogP contribution in [0.5, 0.6) is 5.75 Å². The van der Waals surface area contributed by atoms with E-state index < -0.39 is 0 Å². The molecule has 0 radical (unpaired) electrons. The first-order chi connectivity index (χ1) is 15.1. The molecule has 4 bridgehead atoms. The molecule has 2 saturated heterocycles. The predicted molar refractivity (Wildman–Crippen MR) is 116 cm³/mol. The zero-order valence-electron chi connectivity index (χ0n) is 18.2. The van der Waals surface area contributed by atoms with E-state index in [2.05, 4.69) is 17.0 Å². The molecule has 2 atom stereocenters. The number of halogens is 1. The minimum absolute atomic E-state index is 0.154. The fourth-order valence-corrected chi connectivity index (χ4v) is 6.27. The van der Waals surface area contributed by atoms with Gasteiger partial charge < -0.3 is 20.1 Å². The summed E-state index contributed by atoms with van der Waals surface area (Å²) in [5.74, 6) is 1.12. The summed E-state index contributed by atoms with van der Waals surface area (Å²) in [6.45, 7) is 1.90. The normalized spacial score (nSPS) is 34.8. The van der Waals surface area contributed by atoms with Crippen LogP contribution >= 0.6 is 0 Å². The summed E-state index contributed by atoms with van der Waals surface area (Å²) in [6, 6.07) is 8.25. The van der Waals surface area contributed by atoms with Gasteiger partial charge in [-0.05, 0) is 74.5 Å². The van der Waals surface area contributed by atoms with Gasteiger partial charge in [0.05, 0.1) is 18.5 Å². The van der Waals surface area contributed by atoms with Gasteiger partial charge in [0.15, 0.2) is 0 Å². The summed E-state index contributed by atoms with van der Waals surface area (Å²) in [5.41, 5.74) is 7.28. The number of carbonyl (C=O) groups is 1. The van der Waals surface area contributed by atoms with Crippen LogP contribution < -0.4 is 10.5 Å². The molecule has 2 heterocycles. The third kappa shape index (κ3) is 3.78. The number of fused-ring (bicyclic) bond motifs is 5. The molecule has 1 aromatic rings. The third-order valence-corrected chi connectivity index (χ3v) is 8.34. The fourth-order valence-electron chi connectivity index (χ4n) is 6.27. The van der Waals surface area contributed by atoms with Crippen molar-refractivity contribution in [3.05, 3.63) is 41.7 Å². The van der Waals surface area contributed by atoms with Crippen LogP contribution in [0, 0.1) is 5.41 Å². The van der Waals surface area contributed by atoms with Crippen molar-refractivity contribution in [3.8, 4) is 5.75 Å². The first kappa shape index (κ1) is 21.0. The highest BCUT2D eigenvalue weighted by molar-refractivity contribution is 5.83. The van der Waals surface area contributed by atoms with Gasteiger partial charge >= 0.3 is 0 Å². The largest absolute Gasteiger partial charge is 0.489 e. The van der Waals surface area contributed by atoms with Gasteiger partial charge in [0.1, 0.15) is 12.4 Å². The first-order valence-electron chi connectivity index (χ1n) is 11.7. The fraction of sp³-hybridized carbons (Fsp3) is 0.640. The molecule has 6 heteroatoms. The van der Waals surface area contributed by atoms with Crippen LogP contribution in [-0.4, -0.2) is 49.3 Å². The molecule has 0 aromatic heterocycles. The Labute approximate surface area is 183 Å². The molecule has 5 nitrogen and oxygen atoms in total. The molecular weight excluding hydrogens is 395 g/mol. The Balaban J connectivity index is 1.23. The van der Waals surface area contributed by atoms with Crippen molar-refractivity contribution in [3.63, 3.8) is 0 Å². The van der Waals surface area contributed by atoms with E-state index in [1.54, 1.807) is 0 Å². The summed E-state index contributed by atoms with van der Waals surface area (Å²) in [4.78, 5) is 15.6. The van der Waals surface area contributed by atoms with Crippen molar-refractivity contribution in [1.82, 2.24) is 4.90 Å². The Morgan fingerprint density at radius 2 is 1.71 bits per heavy atom. The maximum absolute atomic E-state index is 13.5. The number of hydrogen-bond acceptors (Lipinski definition) is 4. The minimum Gasteiger partial charge on any atom is -0.489 e. The molecule has 2 N–H and O–H groups in total. The number of nitrogens with zero attached hydrogens (tertiary/aromatic N) is 1. The van der Waals surface area contributed by atoms with Crippen LogP contribution in [0.25, 0.3) is 0 Å². The molecular formula is C25H33FN2O3. The smallest absolute Gasteiger partial charge is 0.228 e. The van der Waals surface area contributed by atoms with Gasteiger partial charge in [-0.2, -0.15) is 0 Å². The Kier molecular flexibility index (Phi) is 5.55. The van der Waals surface area contributed by atoms with E-state index in [9.17, 15) is 9.18 Å². The molecule has 5 aliphatic rings. The summed E-state index contributed by atoms with van der Waals surface area (Å²) in [7, 11) is 0. The Bertz CT molecular complexity index is 816. The Morgan fingerprint density at radius 1 is 1.10 bits per heavy atom. The highest BCUT2D eigenvalue weighted by Crippen LogP contribution is 2.58. The number of nitrogens with two attached hydrogens (primary N) is 1. The molecule has 3 aliphatic carbocycles. The van der Waals surface area contributed by atoms with Crippen molar-refractivity contribution in [2.75, 3.05) is 26.2 Å².